The van der Waals surface area contributed by atoms with Crippen LogP contribution in [0.25, 0.3) is 0 Å². The van der Waals surface area contributed by atoms with E-state index >= 15 is 0 Å². The van der Waals surface area contributed by atoms with E-state index in [4.69, 9.17) is 0 Å². The molecule has 6 nitrogen and oxygen atoms in total. The van der Waals surface area contributed by atoms with Gasteiger partial charge in [-0.25, -0.2) is 0 Å². The highest BCUT2D eigenvalue weighted by Gasteiger charge is 2.10. The largest absolute Gasteiger partial charge is 0.314 e. The van der Waals surface area contributed by atoms with E-state index in [-0.39, 0.29) is 5.69 Å². The van der Waals surface area contributed by atoms with E-state index in [0.717, 1.165) is 44.8 Å². The van der Waals surface area contributed by atoms with Crippen LogP contribution >= 0.6 is 0 Å². The second-order valence-corrected chi connectivity index (χ2v) is 4.11. The Labute approximate surface area is 99.8 Å². The zero-order valence-corrected chi connectivity index (χ0v) is 9.63. The minimum atomic E-state index is -0.424. The van der Waals surface area contributed by atoms with Gasteiger partial charge < -0.3 is 10.2 Å². The third kappa shape index (κ3) is 3.47. The number of nitrogens with one attached hydrogen (secondary N) is 1. The van der Waals surface area contributed by atoms with E-state index in [2.05, 4.69) is 15.2 Å². The van der Waals surface area contributed by atoms with Crippen molar-refractivity contribution < 1.29 is 4.92 Å². The molecule has 0 atom stereocenters. The minimum absolute atomic E-state index is 0.0518. The summed E-state index contributed by atoms with van der Waals surface area (Å²) in [6.07, 6.45) is 2.17. The zero-order chi connectivity index (χ0) is 12.1. The SMILES string of the molecule is O=[N+]([O-])c1ccc(CCN2CCNCC2)nc1. The van der Waals surface area contributed by atoms with Crippen LogP contribution < -0.4 is 5.32 Å². The van der Waals surface area contributed by atoms with Gasteiger partial charge in [0.2, 0.25) is 0 Å². The molecule has 6 heteroatoms. The molecule has 1 N–H and O–H groups in total. The Hall–Kier alpha value is -1.53. The van der Waals surface area contributed by atoms with Gasteiger partial charge in [-0.15, -0.1) is 0 Å². The summed E-state index contributed by atoms with van der Waals surface area (Å²) < 4.78 is 0. The van der Waals surface area contributed by atoms with E-state index < -0.39 is 4.92 Å². The van der Waals surface area contributed by atoms with Gasteiger partial charge in [-0.1, -0.05) is 0 Å². The fraction of sp³-hybridized carbons (Fsp3) is 0.545. The lowest BCUT2D eigenvalue weighted by molar-refractivity contribution is -0.385. The third-order valence-corrected chi connectivity index (χ3v) is 2.91. The molecular formula is C11H16N4O2. The number of hydrogen-bond donors (Lipinski definition) is 1. The predicted molar refractivity (Wildman–Crippen MR) is 63.9 cm³/mol. The average molecular weight is 236 g/mol. The summed E-state index contributed by atoms with van der Waals surface area (Å²) in [6, 6.07) is 3.25. The molecule has 1 saturated heterocycles. The van der Waals surface area contributed by atoms with Crippen LogP contribution in [-0.4, -0.2) is 47.5 Å². The smallest absolute Gasteiger partial charge is 0.287 e. The van der Waals surface area contributed by atoms with Gasteiger partial charge in [0.1, 0.15) is 6.20 Å². The van der Waals surface area contributed by atoms with E-state index in [1.54, 1.807) is 6.07 Å². The van der Waals surface area contributed by atoms with Crippen molar-refractivity contribution in [3.8, 4) is 0 Å². The fourth-order valence-corrected chi connectivity index (χ4v) is 1.88. The van der Waals surface area contributed by atoms with Crippen molar-refractivity contribution in [1.29, 1.82) is 0 Å². The molecule has 2 rings (SSSR count). The van der Waals surface area contributed by atoms with E-state index in [1.165, 1.54) is 12.3 Å². The molecule has 0 aromatic carbocycles. The summed E-state index contributed by atoms with van der Waals surface area (Å²) in [7, 11) is 0. The number of nitro groups is 1. The molecule has 2 heterocycles. The van der Waals surface area contributed by atoms with Gasteiger partial charge in [0, 0.05) is 50.9 Å². The molecule has 1 aromatic rings. The van der Waals surface area contributed by atoms with Crippen LogP contribution in [0.3, 0.4) is 0 Å². The molecule has 0 aliphatic carbocycles. The van der Waals surface area contributed by atoms with Crippen molar-refractivity contribution in [1.82, 2.24) is 15.2 Å². The Morgan fingerprint density at radius 3 is 2.76 bits per heavy atom. The van der Waals surface area contributed by atoms with Crippen LogP contribution in [0.4, 0.5) is 5.69 Å². The zero-order valence-electron chi connectivity index (χ0n) is 9.63. The Bertz CT molecular complexity index is 374. The second kappa shape index (κ2) is 5.70. The molecule has 1 aliphatic heterocycles. The number of pyridine rings is 1. The first-order chi connectivity index (χ1) is 8.25. The summed E-state index contributed by atoms with van der Waals surface area (Å²) in [5.74, 6) is 0. The molecule has 0 bridgehead atoms. The summed E-state index contributed by atoms with van der Waals surface area (Å²) in [4.78, 5) is 16.5. The molecule has 0 spiro atoms. The van der Waals surface area contributed by atoms with E-state index in [0.29, 0.717) is 0 Å². The van der Waals surface area contributed by atoms with Crippen LogP contribution in [-0.2, 0) is 6.42 Å². The number of aromatic nitrogens is 1. The Kier molecular flexibility index (Phi) is 4.00. The topological polar surface area (TPSA) is 71.3 Å². The average Bonchev–Trinajstić information content (AvgIpc) is 2.38. The lowest BCUT2D eigenvalue weighted by Crippen LogP contribution is -2.44. The second-order valence-electron chi connectivity index (χ2n) is 4.11. The maximum atomic E-state index is 10.5. The molecule has 0 amide bonds. The quantitative estimate of drug-likeness (QED) is 0.606. The standard InChI is InChI=1S/C11H16N4O2/c16-15(17)11-2-1-10(13-9-11)3-6-14-7-4-12-5-8-14/h1-2,9,12H,3-8H2. The molecule has 1 fully saturated rings. The van der Waals surface area contributed by atoms with Gasteiger partial charge in [0.05, 0.1) is 4.92 Å². The first kappa shape index (κ1) is 11.9. The van der Waals surface area contributed by atoms with Gasteiger partial charge in [-0.2, -0.15) is 0 Å². The highest BCUT2D eigenvalue weighted by Crippen LogP contribution is 2.09. The van der Waals surface area contributed by atoms with Gasteiger partial charge in [0.15, 0.2) is 0 Å². The van der Waals surface area contributed by atoms with Crippen molar-refractivity contribution in [2.24, 2.45) is 0 Å². The number of nitrogens with zero attached hydrogens (tertiary/aromatic N) is 3. The predicted octanol–water partition coefficient (Wildman–Crippen LogP) is 0.437. The van der Waals surface area contributed by atoms with Gasteiger partial charge in [-0.3, -0.25) is 15.1 Å². The summed E-state index contributed by atoms with van der Waals surface area (Å²) in [5.41, 5.74) is 0.963. The van der Waals surface area contributed by atoms with Crippen molar-refractivity contribution in [2.45, 2.75) is 6.42 Å². The molecule has 1 aromatic heterocycles. The summed E-state index contributed by atoms with van der Waals surface area (Å²) >= 11 is 0. The molecular weight excluding hydrogens is 220 g/mol. The summed E-state index contributed by atoms with van der Waals surface area (Å²) in [6.45, 7) is 5.16. The van der Waals surface area contributed by atoms with Crippen LogP contribution in [0.5, 0.6) is 0 Å². The fourth-order valence-electron chi connectivity index (χ4n) is 1.88. The Morgan fingerprint density at radius 1 is 1.41 bits per heavy atom. The van der Waals surface area contributed by atoms with Crippen LogP contribution in [0.1, 0.15) is 5.69 Å². The lowest BCUT2D eigenvalue weighted by Gasteiger charge is -2.26. The molecule has 0 unspecified atom stereocenters. The Balaban J connectivity index is 1.84. The van der Waals surface area contributed by atoms with Gasteiger partial charge in [-0.05, 0) is 6.07 Å². The molecule has 17 heavy (non-hydrogen) atoms. The molecule has 0 radical (unpaired) electrons. The normalized spacial score (nSPS) is 16.9. The molecule has 92 valence electrons. The van der Waals surface area contributed by atoms with Crippen LogP contribution in [0.15, 0.2) is 18.3 Å². The van der Waals surface area contributed by atoms with Crippen molar-refractivity contribution in [2.75, 3.05) is 32.7 Å². The van der Waals surface area contributed by atoms with Crippen molar-refractivity contribution in [3.63, 3.8) is 0 Å². The number of hydrogen-bond acceptors (Lipinski definition) is 5. The summed E-state index contributed by atoms with van der Waals surface area (Å²) in [5, 5.41) is 13.8. The monoisotopic (exact) mass is 236 g/mol. The molecule has 1 aliphatic rings. The third-order valence-electron chi connectivity index (χ3n) is 2.91. The first-order valence-corrected chi connectivity index (χ1v) is 5.78. The first-order valence-electron chi connectivity index (χ1n) is 5.78. The van der Waals surface area contributed by atoms with Crippen LogP contribution in [0.2, 0.25) is 0 Å². The van der Waals surface area contributed by atoms with Crippen molar-refractivity contribution >= 4 is 5.69 Å². The molecule has 0 saturated carbocycles. The number of piperazine rings is 1. The van der Waals surface area contributed by atoms with Gasteiger partial charge >= 0.3 is 0 Å². The highest BCUT2D eigenvalue weighted by atomic mass is 16.6. The van der Waals surface area contributed by atoms with Crippen molar-refractivity contribution in [3.05, 3.63) is 34.1 Å². The van der Waals surface area contributed by atoms with Crippen LogP contribution in [0, 0.1) is 10.1 Å². The van der Waals surface area contributed by atoms with E-state index in [9.17, 15) is 10.1 Å². The maximum Gasteiger partial charge on any atom is 0.287 e. The van der Waals surface area contributed by atoms with E-state index in [1.807, 2.05) is 0 Å². The van der Waals surface area contributed by atoms with Gasteiger partial charge in [0.25, 0.3) is 5.69 Å². The maximum absolute atomic E-state index is 10.5. The highest BCUT2D eigenvalue weighted by molar-refractivity contribution is 5.26. The lowest BCUT2D eigenvalue weighted by atomic mass is 10.2. The minimum Gasteiger partial charge on any atom is -0.314 e. The number of rotatable bonds is 4. The Morgan fingerprint density at radius 2 is 2.18 bits per heavy atom.